The van der Waals surface area contributed by atoms with Gasteiger partial charge in [0.25, 0.3) is 0 Å². The van der Waals surface area contributed by atoms with Crippen LogP contribution in [0.15, 0.2) is 24.3 Å². The summed E-state index contributed by atoms with van der Waals surface area (Å²) >= 11 is 0. The van der Waals surface area contributed by atoms with Crippen molar-refractivity contribution in [2.75, 3.05) is 26.2 Å². The van der Waals surface area contributed by atoms with Gasteiger partial charge in [0, 0.05) is 32.0 Å². The Morgan fingerprint density at radius 3 is 2.74 bits per heavy atom. The maximum absolute atomic E-state index is 12.2. The Kier molecular flexibility index (Phi) is 4.54. The minimum Gasteiger partial charge on any atom is -0.338 e. The van der Waals surface area contributed by atoms with Gasteiger partial charge >= 0.3 is 0 Å². The van der Waals surface area contributed by atoms with Gasteiger partial charge in [-0.2, -0.15) is 0 Å². The Hall–Kier alpha value is -1.35. The maximum atomic E-state index is 12.2. The zero-order valence-electron chi connectivity index (χ0n) is 16.8. The maximum Gasteiger partial charge on any atom is 0.219 e. The summed E-state index contributed by atoms with van der Waals surface area (Å²) in [7, 11) is 0. The monoisotopic (exact) mass is 366 g/mol. The highest BCUT2D eigenvalue weighted by Crippen LogP contribution is 2.47. The normalized spacial score (nSPS) is 32.5. The SMILES string of the molecule is CC(=O)N1Cc2ccccc2C2(CCN(CC3CC4CCCC3C4)CC2)C1. The lowest BCUT2D eigenvalue weighted by atomic mass is 9.68. The highest BCUT2D eigenvalue weighted by molar-refractivity contribution is 5.74. The lowest BCUT2D eigenvalue weighted by molar-refractivity contribution is -0.131. The molecule has 3 unspecified atom stereocenters. The van der Waals surface area contributed by atoms with Crippen molar-refractivity contribution >= 4 is 5.91 Å². The summed E-state index contributed by atoms with van der Waals surface area (Å²) in [5, 5.41) is 0. The van der Waals surface area contributed by atoms with Gasteiger partial charge in [-0.05, 0) is 67.7 Å². The molecule has 2 bridgehead atoms. The second-order valence-corrected chi connectivity index (χ2v) is 9.90. The van der Waals surface area contributed by atoms with E-state index in [0.717, 1.165) is 30.8 Å². The van der Waals surface area contributed by atoms with E-state index in [1.807, 2.05) is 0 Å². The lowest BCUT2D eigenvalue weighted by Gasteiger charge is -2.49. The van der Waals surface area contributed by atoms with E-state index in [4.69, 9.17) is 0 Å². The number of hydrogen-bond donors (Lipinski definition) is 0. The Balaban J connectivity index is 1.29. The first-order valence-corrected chi connectivity index (χ1v) is 11.2. The first-order valence-electron chi connectivity index (χ1n) is 11.2. The second-order valence-electron chi connectivity index (χ2n) is 9.90. The Morgan fingerprint density at radius 1 is 1.15 bits per heavy atom. The van der Waals surface area contributed by atoms with Crippen LogP contribution in [0.1, 0.15) is 63.0 Å². The third-order valence-electron chi connectivity index (χ3n) is 8.32. The molecule has 2 heterocycles. The van der Waals surface area contributed by atoms with Crippen LogP contribution in [0.4, 0.5) is 0 Å². The highest BCUT2D eigenvalue weighted by atomic mass is 16.2. The fraction of sp³-hybridized carbons (Fsp3) is 0.708. The largest absolute Gasteiger partial charge is 0.338 e. The number of piperidine rings is 1. The van der Waals surface area contributed by atoms with Crippen LogP contribution in [0.3, 0.4) is 0 Å². The number of nitrogens with zero attached hydrogens (tertiary/aromatic N) is 2. The predicted octanol–water partition coefficient (Wildman–Crippen LogP) is 4.21. The molecule has 3 nitrogen and oxygen atoms in total. The molecule has 2 aliphatic heterocycles. The van der Waals surface area contributed by atoms with E-state index < -0.39 is 0 Å². The van der Waals surface area contributed by atoms with Crippen LogP contribution in [0.5, 0.6) is 0 Å². The van der Waals surface area contributed by atoms with Crippen molar-refractivity contribution in [1.82, 2.24) is 9.80 Å². The number of carbonyl (C=O) groups is 1. The van der Waals surface area contributed by atoms with Crippen LogP contribution in [0.2, 0.25) is 0 Å². The summed E-state index contributed by atoms with van der Waals surface area (Å²) in [6.07, 6.45) is 9.88. The first kappa shape index (κ1) is 17.7. The third kappa shape index (κ3) is 3.22. The Labute approximate surface area is 164 Å². The van der Waals surface area contributed by atoms with E-state index in [-0.39, 0.29) is 11.3 Å². The van der Waals surface area contributed by atoms with Crippen molar-refractivity contribution in [2.45, 2.75) is 63.8 Å². The number of amides is 1. The minimum atomic E-state index is 0.183. The van der Waals surface area contributed by atoms with Gasteiger partial charge in [0.05, 0.1) is 0 Å². The average Bonchev–Trinajstić information content (AvgIpc) is 2.96. The van der Waals surface area contributed by atoms with Crippen LogP contribution >= 0.6 is 0 Å². The van der Waals surface area contributed by atoms with E-state index in [1.165, 1.54) is 75.7 Å². The Bertz CT molecular complexity index is 706. The molecule has 4 aliphatic rings. The molecule has 3 fully saturated rings. The molecule has 2 aliphatic carbocycles. The summed E-state index contributed by atoms with van der Waals surface area (Å²) in [5.74, 6) is 3.24. The fourth-order valence-corrected chi connectivity index (χ4v) is 6.85. The quantitative estimate of drug-likeness (QED) is 0.783. The molecular formula is C24H34N2O. The summed E-state index contributed by atoms with van der Waals surface area (Å²) in [5.41, 5.74) is 3.08. The molecule has 146 valence electrons. The number of rotatable bonds is 2. The standard InChI is InChI=1S/C24H34N2O/c1-18(27)26-16-21-6-2-3-8-23(21)24(17-26)9-11-25(12-10-24)15-22-14-19-5-4-7-20(22)13-19/h2-3,6,8,19-20,22H,4-5,7,9-17H2,1H3. The van der Waals surface area contributed by atoms with E-state index in [0.29, 0.717) is 0 Å². The highest BCUT2D eigenvalue weighted by Gasteiger charge is 2.44. The molecule has 1 aromatic carbocycles. The molecule has 5 rings (SSSR count). The lowest BCUT2D eigenvalue weighted by Crippen LogP contribution is -2.53. The van der Waals surface area contributed by atoms with Gasteiger partial charge in [0.15, 0.2) is 0 Å². The number of hydrogen-bond acceptors (Lipinski definition) is 2. The topological polar surface area (TPSA) is 23.6 Å². The molecule has 0 N–H and O–H groups in total. The zero-order valence-corrected chi connectivity index (χ0v) is 16.8. The van der Waals surface area contributed by atoms with Crippen molar-refractivity contribution in [1.29, 1.82) is 0 Å². The van der Waals surface area contributed by atoms with Crippen molar-refractivity contribution < 1.29 is 4.79 Å². The predicted molar refractivity (Wildman–Crippen MR) is 108 cm³/mol. The van der Waals surface area contributed by atoms with Crippen LogP contribution in [0.25, 0.3) is 0 Å². The molecule has 3 atom stereocenters. The molecule has 27 heavy (non-hydrogen) atoms. The van der Waals surface area contributed by atoms with Gasteiger partial charge in [-0.3, -0.25) is 4.79 Å². The van der Waals surface area contributed by atoms with E-state index in [1.54, 1.807) is 6.92 Å². The Morgan fingerprint density at radius 2 is 1.96 bits per heavy atom. The van der Waals surface area contributed by atoms with E-state index in [2.05, 4.69) is 34.1 Å². The molecule has 1 saturated heterocycles. The summed E-state index contributed by atoms with van der Waals surface area (Å²) in [4.78, 5) is 17.0. The van der Waals surface area contributed by atoms with E-state index >= 15 is 0 Å². The van der Waals surface area contributed by atoms with Crippen LogP contribution in [-0.2, 0) is 16.8 Å². The number of benzene rings is 1. The van der Waals surface area contributed by atoms with Crippen molar-refractivity contribution in [3.05, 3.63) is 35.4 Å². The van der Waals surface area contributed by atoms with Gasteiger partial charge < -0.3 is 9.80 Å². The number of likely N-dealkylation sites (tertiary alicyclic amines) is 1. The second kappa shape index (κ2) is 6.92. The van der Waals surface area contributed by atoms with Gasteiger partial charge in [-0.1, -0.05) is 43.5 Å². The van der Waals surface area contributed by atoms with Gasteiger partial charge in [-0.15, -0.1) is 0 Å². The van der Waals surface area contributed by atoms with Crippen LogP contribution in [-0.4, -0.2) is 41.9 Å². The summed E-state index contributed by atoms with van der Waals surface area (Å²) in [6.45, 7) is 7.18. The fourth-order valence-electron chi connectivity index (χ4n) is 6.85. The zero-order chi connectivity index (χ0) is 18.4. The average molecular weight is 367 g/mol. The number of carbonyl (C=O) groups excluding carboxylic acids is 1. The van der Waals surface area contributed by atoms with Crippen molar-refractivity contribution in [2.24, 2.45) is 17.8 Å². The molecule has 1 aromatic rings. The molecule has 1 amide bonds. The minimum absolute atomic E-state index is 0.183. The van der Waals surface area contributed by atoms with Crippen molar-refractivity contribution in [3.63, 3.8) is 0 Å². The molecular weight excluding hydrogens is 332 g/mol. The van der Waals surface area contributed by atoms with Crippen molar-refractivity contribution in [3.8, 4) is 0 Å². The van der Waals surface area contributed by atoms with Gasteiger partial charge in [0.2, 0.25) is 5.91 Å². The number of fused-ring (bicyclic) bond motifs is 4. The molecule has 2 saturated carbocycles. The van der Waals surface area contributed by atoms with Crippen LogP contribution in [0, 0.1) is 17.8 Å². The summed E-state index contributed by atoms with van der Waals surface area (Å²) < 4.78 is 0. The van der Waals surface area contributed by atoms with Gasteiger partial charge in [-0.25, -0.2) is 0 Å². The third-order valence-corrected chi connectivity index (χ3v) is 8.32. The molecule has 0 aromatic heterocycles. The summed E-state index contributed by atoms with van der Waals surface area (Å²) in [6, 6.07) is 8.89. The van der Waals surface area contributed by atoms with E-state index in [9.17, 15) is 4.79 Å². The first-order chi connectivity index (χ1) is 13.1. The smallest absolute Gasteiger partial charge is 0.219 e. The van der Waals surface area contributed by atoms with Crippen LogP contribution < -0.4 is 0 Å². The molecule has 0 radical (unpaired) electrons. The van der Waals surface area contributed by atoms with Gasteiger partial charge in [0.1, 0.15) is 0 Å². The molecule has 3 heteroatoms. The molecule has 1 spiro atoms.